The van der Waals surface area contributed by atoms with Crippen LogP contribution in [0.3, 0.4) is 0 Å². The molecule has 0 aromatic heterocycles. The van der Waals surface area contributed by atoms with Gasteiger partial charge >= 0.3 is 46.6 Å². The van der Waals surface area contributed by atoms with E-state index in [0.717, 1.165) is 18.8 Å². The number of isocyanates is 3. The molecule has 0 fully saturated rings. The fourth-order valence-corrected chi connectivity index (χ4v) is 0. The van der Waals surface area contributed by atoms with Crippen LogP contribution in [-0.2, 0) is 31.5 Å². The average molecular weight is 334 g/mol. The second kappa shape index (κ2) is 320. The van der Waals surface area contributed by atoms with Crippen LogP contribution in [0.4, 0.5) is 0 Å². The first kappa shape index (κ1) is 52.7. The van der Waals surface area contributed by atoms with Crippen LogP contribution in [0.5, 0.6) is 0 Å². The van der Waals surface area contributed by atoms with E-state index in [0.29, 0.717) is 18.2 Å². The molecule has 3 N–H and O–H groups in total. The summed E-state index contributed by atoms with van der Waals surface area (Å²) in [5.41, 5.74) is 0. The molecule has 20 heavy (non-hydrogen) atoms. The molecule has 0 spiro atoms. The average Bonchev–Trinajstić information content (AvgIpc) is 2.23. The molecule has 0 atom stereocenters. The van der Waals surface area contributed by atoms with Gasteiger partial charge in [-0.15, -0.1) is 0 Å². The van der Waals surface area contributed by atoms with E-state index in [2.05, 4.69) is 0 Å². The van der Waals surface area contributed by atoms with Gasteiger partial charge < -0.3 is 31.5 Å². The predicted molar refractivity (Wildman–Crippen MR) is 49.8 cm³/mol. The molecule has 0 saturated heterocycles. The predicted octanol–water partition coefficient (Wildman–Crippen LogP) is -3.80. The van der Waals surface area contributed by atoms with Crippen molar-refractivity contribution < 1.29 is 76.3 Å². The number of hydrogen-bond donors (Lipinski definition) is 3. The number of carbonyl (C=O) groups excluding carboxylic acids is 3. The molecule has 0 aliphatic heterocycles. The monoisotopic (exact) mass is 334 g/mol. The molecule has 0 heterocycles. The van der Waals surface area contributed by atoms with Crippen molar-refractivity contribution >= 4 is 18.2 Å². The number of aliphatic hydroxyl groups is 3. The number of hydrogen-bond acceptors (Lipinski definition) is 9. The van der Waals surface area contributed by atoms with E-state index < -0.39 is 0 Å². The van der Waals surface area contributed by atoms with Crippen LogP contribution >= 0.6 is 0 Å². The van der Waals surface area contributed by atoms with Crippen LogP contribution in [-0.4, -0.2) is 33.6 Å². The second-order valence-electron chi connectivity index (χ2n) is 0.574. The van der Waals surface area contributed by atoms with Crippen molar-refractivity contribution in [1.29, 1.82) is 15.8 Å². The molecule has 0 aliphatic carbocycles. The van der Waals surface area contributed by atoms with Crippen LogP contribution in [0, 0.1) is 34.6 Å². The van der Waals surface area contributed by atoms with Gasteiger partial charge in [0.15, 0.2) is 0 Å². The van der Waals surface area contributed by atoms with Gasteiger partial charge in [-0.3, -0.25) is 14.4 Å². The van der Waals surface area contributed by atoms with Crippen LogP contribution < -0.4 is 29.6 Å². The van der Waals surface area contributed by atoms with E-state index in [-0.39, 0.29) is 46.6 Å². The van der Waals surface area contributed by atoms with Gasteiger partial charge in [0.05, 0.1) is 0 Å². The molecule has 0 radical (unpaired) electrons. The first-order chi connectivity index (χ1) is 8.49. The Morgan fingerprint density at radius 2 is 0.650 bits per heavy atom. The number of nitrogens with zero attached hydrogens (tertiary/aromatic N) is 6. The molecular formula is C6H3FeN6NaO6. The van der Waals surface area contributed by atoms with Gasteiger partial charge in [-0.1, -0.05) is 0 Å². The molecule has 0 aliphatic rings. The molecule has 0 amide bonds. The molecular weight excluding hydrogens is 331 g/mol. The first-order valence-corrected chi connectivity index (χ1v) is 2.62. The quantitative estimate of drug-likeness (QED) is 0.169. The number of rotatable bonds is 0. The molecule has 0 aromatic carbocycles. The maximum absolute atomic E-state index is 8.24. The SMILES string of the molecule is N#CO.N#CO.N#CO.[Fe+2].[N-]=C=O.[N-]=C=O.[N-]=C=O.[Na+]. The fraction of sp³-hybridized carbons (Fsp3) is 0. The summed E-state index contributed by atoms with van der Waals surface area (Å²) in [5, 5.41) is 61.5. The van der Waals surface area contributed by atoms with Gasteiger partial charge in [-0.2, -0.15) is 15.8 Å². The molecule has 102 valence electrons. The van der Waals surface area contributed by atoms with Gasteiger partial charge in [0.1, 0.15) is 0 Å². The van der Waals surface area contributed by atoms with Crippen molar-refractivity contribution in [2.45, 2.75) is 0 Å². The third-order valence-corrected chi connectivity index (χ3v) is 0. The zero-order valence-electron chi connectivity index (χ0n) is 9.60. The molecule has 12 nitrogen and oxygen atoms in total. The first-order valence-electron chi connectivity index (χ1n) is 2.62. The minimum atomic E-state index is 0. The molecule has 0 aromatic rings. The summed E-state index contributed by atoms with van der Waals surface area (Å²) in [6, 6.07) is 0. The van der Waals surface area contributed by atoms with Crippen molar-refractivity contribution in [3.63, 3.8) is 0 Å². The summed E-state index contributed by atoms with van der Waals surface area (Å²) in [6.45, 7) is 0. The van der Waals surface area contributed by atoms with Crippen molar-refractivity contribution in [3.05, 3.63) is 16.2 Å². The summed E-state index contributed by atoms with van der Waals surface area (Å²) >= 11 is 0. The Bertz CT molecular complexity index is 297. The maximum atomic E-state index is 8.24. The van der Waals surface area contributed by atoms with Crippen molar-refractivity contribution in [2.24, 2.45) is 0 Å². The Labute approximate surface area is 145 Å². The third-order valence-electron chi connectivity index (χ3n) is 0. The molecule has 0 rings (SSSR count). The van der Waals surface area contributed by atoms with Gasteiger partial charge in [-0.25, -0.2) is 0 Å². The standard InChI is InChI=1S/3CHNO.3CNO.Fe.Na/c6*2-1-3;;/h3*3H;;;;;/q;;;3*-1;+2;+1. The number of aliphatic hydroxyl groups excluding tert-OH is 3. The van der Waals surface area contributed by atoms with Crippen molar-refractivity contribution in [3.8, 4) is 18.8 Å². The zero-order valence-corrected chi connectivity index (χ0v) is 12.7. The summed E-state index contributed by atoms with van der Waals surface area (Å²) in [4.78, 5) is 24.7. The minimum Gasteiger partial charge on any atom is -0.724 e. The Balaban J connectivity index is -0.0000000141. The second-order valence-corrected chi connectivity index (χ2v) is 0.574. The number of nitriles is 3. The van der Waals surface area contributed by atoms with E-state index in [1.165, 1.54) is 0 Å². The Hall–Kier alpha value is -2.47. The summed E-state index contributed by atoms with van der Waals surface area (Å²) in [5.74, 6) is 0. The van der Waals surface area contributed by atoms with Gasteiger partial charge in [0.2, 0.25) is 0 Å². The maximum Gasteiger partial charge on any atom is 2.00 e. The van der Waals surface area contributed by atoms with E-state index >= 15 is 0 Å². The topological polar surface area (TPSA) is 250 Å². The van der Waals surface area contributed by atoms with Crippen molar-refractivity contribution in [2.75, 3.05) is 0 Å². The smallest absolute Gasteiger partial charge is 0.724 e. The molecule has 0 saturated carbocycles. The molecule has 0 bridgehead atoms. The minimum absolute atomic E-state index is 0. The van der Waals surface area contributed by atoms with E-state index in [1.54, 1.807) is 0 Å². The zero-order chi connectivity index (χ0) is 16.2. The van der Waals surface area contributed by atoms with Crippen molar-refractivity contribution in [1.82, 2.24) is 0 Å². The van der Waals surface area contributed by atoms with Crippen LogP contribution in [0.25, 0.3) is 16.2 Å². The van der Waals surface area contributed by atoms with Crippen LogP contribution in [0.1, 0.15) is 0 Å². The summed E-state index contributed by atoms with van der Waals surface area (Å²) in [6.07, 6.45) is 3.75. The van der Waals surface area contributed by atoms with E-state index in [4.69, 9.17) is 61.7 Å². The Morgan fingerprint density at radius 3 is 0.650 bits per heavy atom. The Kier molecular flexibility index (Phi) is 844. The van der Waals surface area contributed by atoms with E-state index in [9.17, 15) is 0 Å². The third kappa shape index (κ3) is 537. The molecule has 0 unspecified atom stereocenters. The van der Waals surface area contributed by atoms with Crippen LogP contribution in [0.15, 0.2) is 0 Å². The summed E-state index contributed by atoms with van der Waals surface area (Å²) in [7, 11) is 0. The Morgan fingerprint density at radius 1 is 0.650 bits per heavy atom. The normalized spacial score (nSPS) is 2.25. The van der Waals surface area contributed by atoms with Gasteiger partial charge in [-0.05, 0) is 18.2 Å². The van der Waals surface area contributed by atoms with Gasteiger partial charge in [0, 0.05) is 0 Å². The van der Waals surface area contributed by atoms with E-state index in [1.807, 2.05) is 0 Å². The largest absolute Gasteiger partial charge is 2.00 e. The van der Waals surface area contributed by atoms with Gasteiger partial charge in [0.25, 0.3) is 18.8 Å². The summed E-state index contributed by atoms with van der Waals surface area (Å²) < 4.78 is 0. The van der Waals surface area contributed by atoms with Crippen LogP contribution in [0.2, 0.25) is 0 Å². The fourth-order valence-electron chi connectivity index (χ4n) is 0. The molecule has 14 heteroatoms.